The molecular weight excluding hydrogens is 230 g/mol. The van der Waals surface area contributed by atoms with Crippen LogP contribution >= 0.6 is 15.9 Å². The van der Waals surface area contributed by atoms with Crippen LogP contribution in [0, 0.1) is 6.92 Å². The zero-order valence-electron chi connectivity index (χ0n) is 7.75. The molecule has 13 heavy (non-hydrogen) atoms. The van der Waals surface area contributed by atoms with Crippen LogP contribution in [-0.2, 0) is 0 Å². The number of pyridine rings is 1. The van der Waals surface area contributed by atoms with Crippen LogP contribution < -0.4 is 4.74 Å². The van der Waals surface area contributed by atoms with Gasteiger partial charge in [0.2, 0.25) is 5.88 Å². The van der Waals surface area contributed by atoms with Gasteiger partial charge in [0.05, 0.1) is 4.47 Å². The summed E-state index contributed by atoms with van der Waals surface area (Å²) >= 11 is 3.42. The molecule has 0 saturated heterocycles. The van der Waals surface area contributed by atoms with E-state index in [0.29, 0.717) is 12.5 Å². The quantitative estimate of drug-likeness (QED) is 0.760. The van der Waals surface area contributed by atoms with Gasteiger partial charge in [-0.15, -0.1) is 0 Å². The highest BCUT2D eigenvalue weighted by Gasteiger charge is 2.03. The van der Waals surface area contributed by atoms with Crippen molar-refractivity contribution in [1.29, 1.82) is 0 Å². The molecule has 1 heterocycles. The van der Waals surface area contributed by atoms with Crippen molar-refractivity contribution in [3.05, 3.63) is 34.5 Å². The Labute approximate surface area is 86.8 Å². The highest BCUT2D eigenvalue weighted by molar-refractivity contribution is 9.10. The summed E-state index contributed by atoms with van der Waals surface area (Å²) in [4.78, 5) is 4.11. The van der Waals surface area contributed by atoms with Crippen LogP contribution in [0.1, 0.15) is 12.5 Å². The summed E-state index contributed by atoms with van der Waals surface area (Å²) in [5.74, 6) is 0.651. The number of nitrogens with zero attached hydrogens (tertiary/aromatic N) is 1. The van der Waals surface area contributed by atoms with Gasteiger partial charge in [-0.3, -0.25) is 0 Å². The Kier molecular flexibility index (Phi) is 3.96. The molecule has 70 valence electrons. The molecule has 0 N–H and O–H groups in total. The zero-order chi connectivity index (χ0) is 9.68. The second-order valence-electron chi connectivity index (χ2n) is 2.63. The van der Waals surface area contributed by atoms with Crippen molar-refractivity contribution in [1.82, 2.24) is 4.98 Å². The number of aryl methyl sites for hydroxylation is 1. The number of hydrogen-bond acceptors (Lipinski definition) is 2. The van der Waals surface area contributed by atoms with E-state index in [1.165, 1.54) is 0 Å². The molecule has 0 radical (unpaired) electrons. The van der Waals surface area contributed by atoms with Gasteiger partial charge in [0.1, 0.15) is 6.61 Å². The number of aromatic nitrogens is 1. The van der Waals surface area contributed by atoms with E-state index in [2.05, 4.69) is 20.9 Å². The molecule has 0 bridgehead atoms. The van der Waals surface area contributed by atoms with Gasteiger partial charge in [-0.2, -0.15) is 0 Å². The van der Waals surface area contributed by atoms with Crippen molar-refractivity contribution in [3.8, 4) is 5.88 Å². The molecule has 0 aliphatic heterocycles. The monoisotopic (exact) mass is 241 g/mol. The Morgan fingerprint density at radius 3 is 3.08 bits per heavy atom. The molecule has 0 aliphatic carbocycles. The third-order valence-corrected chi connectivity index (χ3v) is 2.57. The first-order valence-electron chi connectivity index (χ1n) is 4.10. The van der Waals surface area contributed by atoms with E-state index in [0.717, 1.165) is 10.0 Å². The van der Waals surface area contributed by atoms with E-state index < -0.39 is 0 Å². The second-order valence-corrected chi connectivity index (χ2v) is 3.42. The van der Waals surface area contributed by atoms with Gasteiger partial charge < -0.3 is 4.74 Å². The molecule has 0 amide bonds. The summed E-state index contributed by atoms with van der Waals surface area (Å²) in [5, 5.41) is 0. The summed E-state index contributed by atoms with van der Waals surface area (Å²) in [6.07, 6.45) is 5.63. The highest BCUT2D eigenvalue weighted by atomic mass is 79.9. The average molecular weight is 242 g/mol. The minimum Gasteiger partial charge on any atom is -0.473 e. The van der Waals surface area contributed by atoms with Crippen molar-refractivity contribution in [2.24, 2.45) is 0 Å². The first kappa shape index (κ1) is 10.3. The zero-order valence-corrected chi connectivity index (χ0v) is 9.34. The lowest BCUT2D eigenvalue weighted by atomic mass is 10.3. The van der Waals surface area contributed by atoms with Crippen LogP contribution in [0.25, 0.3) is 0 Å². The van der Waals surface area contributed by atoms with Gasteiger partial charge in [0, 0.05) is 6.20 Å². The van der Waals surface area contributed by atoms with Gasteiger partial charge in [-0.25, -0.2) is 4.98 Å². The Hall–Kier alpha value is -0.830. The van der Waals surface area contributed by atoms with Crippen molar-refractivity contribution in [3.63, 3.8) is 0 Å². The molecule has 1 rings (SSSR count). The van der Waals surface area contributed by atoms with Gasteiger partial charge in [-0.05, 0) is 41.4 Å². The largest absolute Gasteiger partial charge is 0.473 e. The minimum atomic E-state index is 0.561. The third-order valence-electron chi connectivity index (χ3n) is 1.60. The van der Waals surface area contributed by atoms with E-state index in [1.807, 2.05) is 32.1 Å². The van der Waals surface area contributed by atoms with Crippen LogP contribution in [-0.4, -0.2) is 11.6 Å². The smallest absolute Gasteiger partial charge is 0.228 e. The Morgan fingerprint density at radius 1 is 1.62 bits per heavy atom. The molecule has 0 unspecified atom stereocenters. The topological polar surface area (TPSA) is 22.1 Å². The lowest BCUT2D eigenvalue weighted by Crippen LogP contribution is -1.97. The Bertz CT molecular complexity index is 310. The number of hydrogen-bond donors (Lipinski definition) is 0. The first-order chi connectivity index (χ1) is 6.25. The lowest BCUT2D eigenvalue weighted by molar-refractivity contribution is 0.345. The normalized spacial score (nSPS) is 10.7. The average Bonchev–Trinajstić information content (AvgIpc) is 2.13. The lowest BCUT2D eigenvalue weighted by Gasteiger charge is -2.05. The fourth-order valence-electron chi connectivity index (χ4n) is 0.839. The van der Waals surface area contributed by atoms with Crippen LogP contribution in [0.4, 0.5) is 0 Å². The molecule has 0 spiro atoms. The Balaban J connectivity index is 2.71. The molecular formula is C10H12BrNO. The summed E-state index contributed by atoms with van der Waals surface area (Å²) in [6.45, 7) is 4.53. The third kappa shape index (κ3) is 2.84. The van der Waals surface area contributed by atoms with Crippen molar-refractivity contribution >= 4 is 15.9 Å². The molecule has 0 saturated carbocycles. The van der Waals surface area contributed by atoms with Gasteiger partial charge >= 0.3 is 0 Å². The van der Waals surface area contributed by atoms with Gasteiger partial charge in [0.15, 0.2) is 0 Å². The number of rotatable bonds is 3. The van der Waals surface area contributed by atoms with E-state index in [4.69, 9.17) is 4.74 Å². The SMILES string of the molecule is C/C=C/COc1nccc(C)c1Br. The molecule has 0 fully saturated rings. The summed E-state index contributed by atoms with van der Waals surface area (Å²) < 4.78 is 6.34. The van der Waals surface area contributed by atoms with Gasteiger partial charge in [0.25, 0.3) is 0 Å². The maximum Gasteiger partial charge on any atom is 0.228 e. The van der Waals surface area contributed by atoms with Crippen LogP contribution in [0.2, 0.25) is 0 Å². The highest BCUT2D eigenvalue weighted by Crippen LogP contribution is 2.25. The second kappa shape index (κ2) is 5.02. The fourth-order valence-corrected chi connectivity index (χ4v) is 1.19. The number of allylic oxidation sites excluding steroid dienone is 1. The molecule has 1 aromatic rings. The maximum atomic E-state index is 5.41. The van der Waals surface area contributed by atoms with Crippen LogP contribution in [0.15, 0.2) is 28.9 Å². The van der Waals surface area contributed by atoms with E-state index in [9.17, 15) is 0 Å². The van der Waals surface area contributed by atoms with Crippen LogP contribution in [0.3, 0.4) is 0 Å². The molecule has 3 heteroatoms. The number of halogens is 1. The standard InChI is InChI=1S/C10H12BrNO/c1-3-4-7-13-10-9(11)8(2)5-6-12-10/h3-6H,7H2,1-2H3/b4-3+. The molecule has 0 atom stereocenters. The first-order valence-corrected chi connectivity index (χ1v) is 4.90. The predicted molar refractivity (Wildman–Crippen MR) is 57.0 cm³/mol. The molecule has 1 aromatic heterocycles. The maximum absolute atomic E-state index is 5.41. The van der Waals surface area contributed by atoms with Crippen molar-refractivity contribution < 1.29 is 4.74 Å². The minimum absolute atomic E-state index is 0.561. The molecule has 2 nitrogen and oxygen atoms in total. The van der Waals surface area contributed by atoms with E-state index in [1.54, 1.807) is 6.20 Å². The summed E-state index contributed by atoms with van der Waals surface area (Å²) in [5.41, 5.74) is 1.13. The van der Waals surface area contributed by atoms with E-state index >= 15 is 0 Å². The molecule has 0 aliphatic rings. The summed E-state index contributed by atoms with van der Waals surface area (Å²) in [7, 11) is 0. The number of ether oxygens (including phenoxy) is 1. The van der Waals surface area contributed by atoms with Crippen molar-refractivity contribution in [2.75, 3.05) is 6.61 Å². The predicted octanol–water partition coefficient (Wildman–Crippen LogP) is 3.11. The fraction of sp³-hybridized carbons (Fsp3) is 0.300. The molecule has 0 aromatic carbocycles. The van der Waals surface area contributed by atoms with Gasteiger partial charge in [-0.1, -0.05) is 12.2 Å². The van der Waals surface area contributed by atoms with Crippen molar-refractivity contribution in [2.45, 2.75) is 13.8 Å². The Morgan fingerprint density at radius 2 is 2.38 bits per heavy atom. The van der Waals surface area contributed by atoms with E-state index in [-0.39, 0.29) is 0 Å². The van der Waals surface area contributed by atoms with Crippen LogP contribution in [0.5, 0.6) is 5.88 Å². The summed E-state index contributed by atoms with van der Waals surface area (Å²) in [6, 6.07) is 1.94.